The molecule has 0 fully saturated rings. The molecular formula is C10H18O. The van der Waals surface area contributed by atoms with Crippen molar-refractivity contribution in [2.45, 2.75) is 40.0 Å². The van der Waals surface area contributed by atoms with Crippen LogP contribution < -0.4 is 0 Å². The molecular weight excluding hydrogens is 136 g/mol. The maximum absolute atomic E-state index is 9.27. The summed E-state index contributed by atoms with van der Waals surface area (Å²) in [5.74, 6) is 1.12. The second kappa shape index (κ2) is 2.88. The van der Waals surface area contributed by atoms with Crippen LogP contribution in [0.2, 0.25) is 0 Å². The van der Waals surface area contributed by atoms with Crippen molar-refractivity contribution in [1.29, 1.82) is 0 Å². The van der Waals surface area contributed by atoms with Crippen molar-refractivity contribution in [3.63, 3.8) is 0 Å². The van der Waals surface area contributed by atoms with Gasteiger partial charge in [-0.1, -0.05) is 27.2 Å². The highest BCUT2D eigenvalue weighted by Gasteiger charge is 2.31. The van der Waals surface area contributed by atoms with E-state index in [1.165, 1.54) is 6.42 Å². The third-order valence-corrected chi connectivity index (χ3v) is 3.30. The van der Waals surface area contributed by atoms with Gasteiger partial charge in [-0.2, -0.15) is 0 Å². The van der Waals surface area contributed by atoms with Gasteiger partial charge < -0.3 is 5.11 Å². The largest absolute Gasteiger partial charge is 0.513 e. The molecule has 64 valence electrons. The fraction of sp³-hybridized carbons (Fsp3) is 0.800. The average molecular weight is 154 g/mol. The van der Waals surface area contributed by atoms with E-state index < -0.39 is 0 Å². The van der Waals surface area contributed by atoms with Crippen LogP contribution in [0.25, 0.3) is 0 Å². The van der Waals surface area contributed by atoms with Crippen LogP contribution in [-0.4, -0.2) is 5.11 Å². The molecule has 0 aliphatic heterocycles. The van der Waals surface area contributed by atoms with Crippen LogP contribution in [0, 0.1) is 11.3 Å². The summed E-state index contributed by atoms with van der Waals surface area (Å²) in [6, 6.07) is 0. The van der Waals surface area contributed by atoms with Crippen LogP contribution in [0.1, 0.15) is 40.0 Å². The molecule has 0 amide bonds. The highest BCUT2D eigenvalue weighted by molar-refractivity contribution is 5.05. The predicted molar refractivity (Wildman–Crippen MR) is 47.5 cm³/mol. The molecule has 1 rings (SSSR count). The smallest absolute Gasteiger partial charge is 0.0885 e. The Morgan fingerprint density at radius 3 is 2.82 bits per heavy atom. The summed E-state index contributed by atoms with van der Waals surface area (Å²) in [5.41, 5.74) is 0.423. The van der Waals surface area contributed by atoms with Gasteiger partial charge >= 0.3 is 0 Å². The van der Waals surface area contributed by atoms with Gasteiger partial charge in [-0.05, 0) is 23.8 Å². The minimum absolute atomic E-state index is 0.423. The molecule has 0 saturated carbocycles. The molecule has 0 saturated heterocycles. The first-order chi connectivity index (χ1) is 5.08. The van der Waals surface area contributed by atoms with Gasteiger partial charge in [0.05, 0.1) is 5.76 Å². The zero-order chi connectivity index (χ0) is 8.48. The minimum Gasteiger partial charge on any atom is -0.513 e. The Labute approximate surface area is 69.1 Å². The summed E-state index contributed by atoms with van der Waals surface area (Å²) in [5, 5.41) is 9.27. The second-order valence-corrected chi connectivity index (χ2v) is 3.95. The minimum atomic E-state index is 0.423. The molecule has 0 aromatic heterocycles. The zero-order valence-corrected chi connectivity index (χ0v) is 7.72. The molecule has 0 aromatic carbocycles. The number of rotatable bonds is 1. The fourth-order valence-corrected chi connectivity index (χ4v) is 1.71. The summed E-state index contributed by atoms with van der Waals surface area (Å²) >= 11 is 0. The molecule has 1 aliphatic carbocycles. The van der Waals surface area contributed by atoms with Gasteiger partial charge in [0.2, 0.25) is 0 Å². The van der Waals surface area contributed by atoms with Gasteiger partial charge in [0.15, 0.2) is 0 Å². The van der Waals surface area contributed by atoms with Crippen LogP contribution >= 0.6 is 0 Å². The van der Waals surface area contributed by atoms with E-state index in [2.05, 4.69) is 20.8 Å². The van der Waals surface area contributed by atoms with Gasteiger partial charge in [0, 0.05) is 6.42 Å². The van der Waals surface area contributed by atoms with E-state index in [9.17, 15) is 5.11 Å². The van der Waals surface area contributed by atoms with E-state index in [0.717, 1.165) is 12.8 Å². The quantitative estimate of drug-likeness (QED) is 0.614. The third kappa shape index (κ3) is 1.58. The van der Waals surface area contributed by atoms with Gasteiger partial charge in [-0.3, -0.25) is 0 Å². The molecule has 0 heterocycles. The standard InChI is InChI=1S/C10H18O/c1-4-10(3)6-5-9(11)7-8(10)2/h7-8,11H,4-6H2,1-3H3. The zero-order valence-electron chi connectivity index (χ0n) is 7.72. The summed E-state index contributed by atoms with van der Waals surface area (Å²) in [6.45, 7) is 6.73. The topological polar surface area (TPSA) is 20.2 Å². The molecule has 2 unspecified atom stereocenters. The van der Waals surface area contributed by atoms with Gasteiger partial charge in [0.25, 0.3) is 0 Å². The van der Waals surface area contributed by atoms with E-state index in [4.69, 9.17) is 0 Å². The first-order valence-corrected chi connectivity index (χ1v) is 4.48. The molecule has 1 nitrogen and oxygen atoms in total. The summed E-state index contributed by atoms with van der Waals surface area (Å²) < 4.78 is 0. The molecule has 1 N–H and O–H groups in total. The lowest BCUT2D eigenvalue weighted by Crippen LogP contribution is -2.26. The van der Waals surface area contributed by atoms with Crippen LogP contribution in [0.3, 0.4) is 0 Å². The number of aliphatic hydroxyl groups is 1. The van der Waals surface area contributed by atoms with Gasteiger partial charge in [-0.15, -0.1) is 0 Å². The van der Waals surface area contributed by atoms with Crippen molar-refractivity contribution in [1.82, 2.24) is 0 Å². The Balaban J connectivity index is 2.74. The summed E-state index contributed by atoms with van der Waals surface area (Å²) in [4.78, 5) is 0. The van der Waals surface area contributed by atoms with E-state index >= 15 is 0 Å². The van der Waals surface area contributed by atoms with Crippen LogP contribution in [0.4, 0.5) is 0 Å². The lowest BCUT2D eigenvalue weighted by atomic mass is 9.69. The fourth-order valence-electron chi connectivity index (χ4n) is 1.71. The van der Waals surface area contributed by atoms with Crippen molar-refractivity contribution in [3.8, 4) is 0 Å². The Bertz CT molecular complexity index is 172. The van der Waals surface area contributed by atoms with Crippen molar-refractivity contribution < 1.29 is 5.11 Å². The monoisotopic (exact) mass is 154 g/mol. The molecule has 0 spiro atoms. The summed E-state index contributed by atoms with van der Waals surface area (Å²) in [6.07, 6.45) is 5.21. The highest BCUT2D eigenvalue weighted by atomic mass is 16.3. The Kier molecular flexibility index (Phi) is 2.26. The maximum atomic E-state index is 9.27. The van der Waals surface area contributed by atoms with Crippen LogP contribution in [0.5, 0.6) is 0 Å². The van der Waals surface area contributed by atoms with E-state index in [-0.39, 0.29) is 0 Å². The van der Waals surface area contributed by atoms with Gasteiger partial charge in [0.1, 0.15) is 0 Å². The molecule has 0 radical (unpaired) electrons. The highest BCUT2D eigenvalue weighted by Crippen LogP contribution is 2.41. The lowest BCUT2D eigenvalue weighted by Gasteiger charge is -2.36. The predicted octanol–water partition coefficient (Wildman–Crippen LogP) is 3.27. The maximum Gasteiger partial charge on any atom is 0.0885 e. The van der Waals surface area contributed by atoms with Crippen molar-refractivity contribution in [2.75, 3.05) is 0 Å². The second-order valence-electron chi connectivity index (χ2n) is 3.95. The van der Waals surface area contributed by atoms with Gasteiger partial charge in [-0.25, -0.2) is 0 Å². The third-order valence-electron chi connectivity index (χ3n) is 3.30. The first kappa shape index (κ1) is 8.63. The van der Waals surface area contributed by atoms with Crippen LogP contribution in [-0.2, 0) is 0 Å². The van der Waals surface area contributed by atoms with Crippen molar-refractivity contribution in [3.05, 3.63) is 11.8 Å². The number of aliphatic hydroxyl groups excluding tert-OH is 1. The Hall–Kier alpha value is -0.460. The Morgan fingerprint density at radius 2 is 2.36 bits per heavy atom. The van der Waals surface area contributed by atoms with E-state index in [0.29, 0.717) is 17.1 Å². The molecule has 0 bridgehead atoms. The van der Waals surface area contributed by atoms with Crippen molar-refractivity contribution >= 4 is 0 Å². The number of allylic oxidation sites excluding steroid dienone is 2. The molecule has 2 atom stereocenters. The molecule has 1 heteroatoms. The normalized spacial score (nSPS) is 38.5. The lowest BCUT2D eigenvalue weighted by molar-refractivity contribution is 0.176. The molecule has 11 heavy (non-hydrogen) atoms. The summed E-state index contributed by atoms with van der Waals surface area (Å²) in [7, 11) is 0. The van der Waals surface area contributed by atoms with Crippen molar-refractivity contribution in [2.24, 2.45) is 11.3 Å². The molecule has 0 aromatic rings. The Morgan fingerprint density at radius 1 is 1.73 bits per heavy atom. The van der Waals surface area contributed by atoms with Crippen LogP contribution in [0.15, 0.2) is 11.8 Å². The number of hydrogen-bond acceptors (Lipinski definition) is 1. The SMILES string of the molecule is CCC1(C)CCC(O)=CC1C. The molecule has 1 aliphatic rings. The van der Waals surface area contributed by atoms with E-state index in [1.54, 1.807) is 0 Å². The average Bonchev–Trinajstić information content (AvgIpc) is 1.98. The van der Waals surface area contributed by atoms with E-state index in [1.807, 2.05) is 6.08 Å². The first-order valence-electron chi connectivity index (χ1n) is 4.48. The number of hydrogen-bond donors (Lipinski definition) is 1.